The lowest BCUT2D eigenvalue weighted by atomic mass is 9.90. The van der Waals surface area contributed by atoms with Crippen molar-refractivity contribution < 1.29 is 4.79 Å². The van der Waals surface area contributed by atoms with E-state index in [0.717, 1.165) is 37.1 Å². The van der Waals surface area contributed by atoms with Gasteiger partial charge in [0.1, 0.15) is 0 Å². The van der Waals surface area contributed by atoms with E-state index in [0.29, 0.717) is 6.04 Å². The van der Waals surface area contributed by atoms with Crippen molar-refractivity contribution in [3.8, 4) is 0 Å². The Labute approximate surface area is 118 Å². The molecule has 19 heavy (non-hydrogen) atoms. The zero-order valence-electron chi connectivity index (χ0n) is 11.0. The summed E-state index contributed by atoms with van der Waals surface area (Å²) in [5.41, 5.74) is 2.27. The number of benzene rings is 1. The first-order chi connectivity index (χ1) is 9.34. The van der Waals surface area contributed by atoms with Gasteiger partial charge in [0.25, 0.3) is 0 Å². The monoisotopic (exact) mass is 276 g/mol. The van der Waals surface area contributed by atoms with Gasteiger partial charge in [0, 0.05) is 18.3 Å². The molecule has 0 aliphatic carbocycles. The lowest BCUT2D eigenvalue weighted by molar-refractivity contribution is -0.123. The molecule has 2 heterocycles. The van der Waals surface area contributed by atoms with Crippen molar-refractivity contribution in [2.24, 2.45) is 0 Å². The second-order valence-corrected chi connectivity index (χ2v) is 6.48. The van der Waals surface area contributed by atoms with Crippen LogP contribution in [0.15, 0.2) is 24.3 Å². The van der Waals surface area contributed by atoms with Crippen LogP contribution in [-0.2, 0) is 4.79 Å². The van der Waals surface area contributed by atoms with E-state index in [-0.39, 0.29) is 11.8 Å². The van der Waals surface area contributed by atoms with Gasteiger partial charge in [0.05, 0.1) is 5.92 Å². The minimum absolute atomic E-state index is 0.0204. The standard InChI is InChI=1S/C15H20N2OS/c18-15(17-11-6-9-19-10-7-11)13-5-8-16-14-4-2-1-3-12(13)14/h1-4,11,13,16H,5-10H2,(H,17,18). The molecule has 102 valence electrons. The predicted octanol–water partition coefficient (Wildman–Crippen LogP) is 2.60. The van der Waals surface area contributed by atoms with Crippen molar-refractivity contribution in [3.63, 3.8) is 0 Å². The number of amides is 1. The number of hydrogen-bond donors (Lipinski definition) is 2. The molecular weight excluding hydrogens is 256 g/mol. The maximum atomic E-state index is 12.5. The maximum Gasteiger partial charge on any atom is 0.227 e. The number of fused-ring (bicyclic) bond motifs is 1. The molecule has 1 aromatic rings. The highest BCUT2D eigenvalue weighted by Gasteiger charge is 2.27. The van der Waals surface area contributed by atoms with E-state index in [2.05, 4.69) is 22.8 Å². The fourth-order valence-electron chi connectivity index (χ4n) is 2.88. The quantitative estimate of drug-likeness (QED) is 0.872. The molecule has 1 amide bonds. The highest BCUT2D eigenvalue weighted by atomic mass is 32.2. The largest absolute Gasteiger partial charge is 0.385 e. The van der Waals surface area contributed by atoms with Gasteiger partial charge in [0.2, 0.25) is 5.91 Å². The zero-order valence-corrected chi connectivity index (χ0v) is 11.8. The number of hydrogen-bond acceptors (Lipinski definition) is 3. The number of carbonyl (C=O) groups excluding carboxylic acids is 1. The van der Waals surface area contributed by atoms with E-state index < -0.39 is 0 Å². The van der Waals surface area contributed by atoms with Gasteiger partial charge in [-0.3, -0.25) is 4.79 Å². The molecule has 2 aliphatic rings. The Morgan fingerprint density at radius 2 is 2.00 bits per heavy atom. The molecule has 0 aromatic heterocycles. The molecule has 2 N–H and O–H groups in total. The fraction of sp³-hybridized carbons (Fsp3) is 0.533. The zero-order chi connectivity index (χ0) is 13.1. The molecule has 1 unspecified atom stereocenters. The lowest BCUT2D eigenvalue weighted by Gasteiger charge is -2.29. The number of thioether (sulfide) groups is 1. The summed E-state index contributed by atoms with van der Waals surface area (Å²) in [5.74, 6) is 2.58. The van der Waals surface area contributed by atoms with E-state index in [1.807, 2.05) is 23.9 Å². The lowest BCUT2D eigenvalue weighted by Crippen LogP contribution is -2.41. The van der Waals surface area contributed by atoms with Crippen molar-refractivity contribution >= 4 is 23.4 Å². The first kappa shape index (κ1) is 12.9. The van der Waals surface area contributed by atoms with E-state index >= 15 is 0 Å². The van der Waals surface area contributed by atoms with Crippen LogP contribution in [0.3, 0.4) is 0 Å². The molecule has 3 rings (SSSR count). The third kappa shape index (κ3) is 2.89. The molecule has 3 nitrogen and oxygen atoms in total. The van der Waals surface area contributed by atoms with Gasteiger partial charge in [-0.2, -0.15) is 11.8 Å². The van der Waals surface area contributed by atoms with Crippen molar-refractivity contribution in [3.05, 3.63) is 29.8 Å². The number of anilines is 1. The summed E-state index contributed by atoms with van der Waals surface area (Å²) in [6.45, 7) is 0.885. The first-order valence-corrected chi connectivity index (χ1v) is 8.21. The van der Waals surface area contributed by atoms with Crippen LogP contribution in [0.2, 0.25) is 0 Å². The maximum absolute atomic E-state index is 12.5. The average Bonchev–Trinajstić information content (AvgIpc) is 2.47. The third-order valence-electron chi connectivity index (χ3n) is 3.97. The fourth-order valence-corrected chi connectivity index (χ4v) is 3.99. The average molecular weight is 276 g/mol. The molecule has 1 aromatic carbocycles. The van der Waals surface area contributed by atoms with E-state index in [1.165, 1.54) is 11.5 Å². The SMILES string of the molecule is O=C(NC1CCSCC1)C1CCNc2ccccc21. The number of rotatable bonds is 2. The van der Waals surface area contributed by atoms with Gasteiger partial charge in [-0.25, -0.2) is 0 Å². The molecule has 0 bridgehead atoms. The van der Waals surface area contributed by atoms with Crippen LogP contribution in [0.4, 0.5) is 5.69 Å². The highest BCUT2D eigenvalue weighted by molar-refractivity contribution is 7.99. The van der Waals surface area contributed by atoms with E-state index in [4.69, 9.17) is 0 Å². The summed E-state index contributed by atoms with van der Waals surface area (Å²) in [6, 6.07) is 8.55. The molecule has 0 saturated carbocycles. The second kappa shape index (κ2) is 5.87. The van der Waals surface area contributed by atoms with Crippen LogP contribution >= 0.6 is 11.8 Å². The van der Waals surface area contributed by atoms with Crippen molar-refractivity contribution in [1.82, 2.24) is 5.32 Å². The first-order valence-electron chi connectivity index (χ1n) is 7.05. The molecular formula is C15H20N2OS. The summed E-state index contributed by atoms with van der Waals surface area (Å²) < 4.78 is 0. The number of para-hydroxylation sites is 1. The molecule has 0 spiro atoms. The normalized spacial score (nSPS) is 23.3. The Kier molecular flexibility index (Phi) is 3.97. The third-order valence-corrected chi connectivity index (χ3v) is 5.02. The van der Waals surface area contributed by atoms with Crippen LogP contribution in [-0.4, -0.2) is 30.0 Å². The summed E-state index contributed by atoms with van der Waals surface area (Å²) in [5, 5.41) is 6.62. The summed E-state index contributed by atoms with van der Waals surface area (Å²) >= 11 is 1.99. The van der Waals surface area contributed by atoms with Gasteiger partial charge in [-0.05, 0) is 42.4 Å². The Morgan fingerprint density at radius 3 is 2.84 bits per heavy atom. The number of nitrogens with one attached hydrogen (secondary N) is 2. The second-order valence-electron chi connectivity index (χ2n) is 5.25. The van der Waals surface area contributed by atoms with Gasteiger partial charge in [-0.1, -0.05) is 18.2 Å². The van der Waals surface area contributed by atoms with Gasteiger partial charge in [0.15, 0.2) is 0 Å². The molecule has 4 heteroatoms. The summed E-state index contributed by atoms with van der Waals surface area (Å²) in [6.07, 6.45) is 3.12. The Hall–Kier alpha value is -1.16. The topological polar surface area (TPSA) is 41.1 Å². The van der Waals surface area contributed by atoms with Crippen LogP contribution in [0.1, 0.15) is 30.7 Å². The Morgan fingerprint density at radius 1 is 1.21 bits per heavy atom. The van der Waals surface area contributed by atoms with Gasteiger partial charge in [-0.15, -0.1) is 0 Å². The van der Waals surface area contributed by atoms with Crippen LogP contribution < -0.4 is 10.6 Å². The minimum Gasteiger partial charge on any atom is -0.385 e. The van der Waals surface area contributed by atoms with Crippen molar-refractivity contribution in [2.45, 2.75) is 31.2 Å². The Balaban J connectivity index is 1.70. The Bertz CT molecular complexity index is 457. The molecule has 1 atom stereocenters. The molecule has 2 aliphatic heterocycles. The van der Waals surface area contributed by atoms with Crippen molar-refractivity contribution in [2.75, 3.05) is 23.4 Å². The summed E-state index contributed by atoms with van der Waals surface area (Å²) in [4.78, 5) is 12.5. The van der Waals surface area contributed by atoms with Crippen LogP contribution in [0.5, 0.6) is 0 Å². The minimum atomic E-state index is 0.0204. The summed E-state index contributed by atoms with van der Waals surface area (Å²) in [7, 11) is 0. The smallest absolute Gasteiger partial charge is 0.227 e. The molecule has 1 fully saturated rings. The predicted molar refractivity (Wildman–Crippen MR) is 80.8 cm³/mol. The number of carbonyl (C=O) groups is 1. The van der Waals surface area contributed by atoms with Crippen molar-refractivity contribution in [1.29, 1.82) is 0 Å². The van der Waals surface area contributed by atoms with Gasteiger partial charge >= 0.3 is 0 Å². The van der Waals surface area contributed by atoms with E-state index in [9.17, 15) is 4.79 Å². The highest BCUT2D eigenvalue weighted by Crippen LogP contribution is 2.31. The molecule has 1 saturated heterocycles. The molecule has 0 radical (unpaired) electrons. The van der Waals surface area contributed by atoms with Crippen LogP contribution in [0.25, 0.3) is 0 Å². The van der Waals surface area contributed by atoms with E-state index in [1.54, 1.807) is 0 Å². The van der Waals surface area contributed by atoms with Crippen LogP contribution in [0, 0.1) is 0 Å². The van der Waals surface area contributed by atoms with Gasteiger partial charge < -0.3 is 10.6 Å².